The van der Waals surface area contributed by atoms with E-state index in [-0.39, 0.29) is 40.7 Å². The second kappa shape index (κ2) is 7.97. The molecule has 8 nitrogen and oxygen atoms in total. The fraction of sp³-hybridized carbons (Fsp3) is 0.353. The highest BCUT2D eigenvalue weighted by molar-refractivity contribution is 5.79. The van der Waals surface area contributed by atoms with Crippen LogP contribution < -0.4 is 20.2 Å². The molecule has 156 valence electrons. The number of rotatable bonds is 7. The van der Waals surface area contributed by atoms with Crippen LogP contribution >= 0.6 is 0 Å². The van der Waals surface area contributed by atoms with Gasteiger partial charge in [0.25, 0.3) is 5.56 Å². The van der Waals surface area contributed by atoms with Crippen LogP contribution in [0.4, 0.5) is 29.2 Å². The topological polar surface area (TPSA) is 79.3 Å². The van der Waals surface area contributed by atoms with E-state index in [4.69, 9.17) is 0 Å². The molecule has 0 spiro atoms. The number of nitrogens with one attached hydrogen (secondary N) is 1. The predicted octanol–water partition coefficient (Wildman–Crippen LogP) is 2.69. The molecule has 2 aromatic heterocycles. The minimum absolute atomic E-state index is 0.0271. The van der Waals surface area contributed by atoms with Crippen molar-refractivity contribution in [3.05, 3.63) is 40.1 Å². The molecule has 3 rings (SSSR count). The van der Waals surface area contributed by atoms with Crippen molar-refractivity contribution >= 4 is 22.7 Å². The summed E-state index contributed by atoms with van der Waals surface area (Å²) in [7, 11) is 3.31. The molecule has 0 amide bonds. The van der Waals surface area contributed by atoms with Gasteiger partial charge in [0.2, 0.25) is 5.95 Å². The van der Waals surface area contributed by atoms with Gasteiger partial charge in [-0.15, -0.1) is 0 Å². The smallest absolute Gasteiger partial charge is 0.387 e. The number of anilines is 2. The van der Waals surface area contributed by atoms with Crippen molar-refractivity contribution in [3.63, 3.8) is 0 Å². The number of hydrogen-bond donors (Lipinski definition) is 1. The molecular formula is C17H18F4N6O2. The molecule has 0 aliphatic carbocycles. The van der Waals surface area contributed by atoms with E-state index in [9.17, 15) is 22.4 Å². The average molecular weight is 414 g/mol. The van der Waals surface area contributed by atoms with Gasteiger partial charge in [0, 0.05) is 26.7 Å². The largest absolute Gasteiger partial charge is 0.435 e. The first-order valence-electron chi connectivity index (χ1n) is 8.54. The van der Waals surface area contributed by atoms with E-state index in [1.807, 2.05) is 0 Å². The Labute approximate surface area is 162 Å². The van der Waals surface area contributed by atoms with Crippen LogP contribution in [0.2, 0.25) is 0 Å². The summed E-state index contributed by atoms with van der Waals surface area (Å²) in [6.07, 6.45) is 0. The second-order valence-corrected chi connectivity index (χ2v) is 6.16. The highest BCUT2D eigenvalue weighted by Gasteiger charge is 2.23. The van der Waals surface area contributed by atoms with E-state index in [2.05, 4.69) is 19.8 Å². The Morgan fingerprint density at radius 1 is 1.31 bits per heavy atom. The molecule has 0 saturated carbocycles. The minimum Gasteiger partial charge on any atom is -0.435 e. The SMILES string of the molecule is CCN(c1ccc(OC(F)F)cc1F)n1nc(CF)c2c(=O)[nH]c(N(C)C)nc21. The molecule has 0 fully saturated rings. The second-order valence-electron chi connectivity index (χ2n) is 6.16. The van der Waals surface area contributed by atoms with Gasteiger partial charge in [-0.2, -0.15) is 23.7 Å². The summed E-state index contributed by atoms with van der Waals surface area (Å²) in [5.74, 6) is -1.02. The van der Waals surface area contributed by atoms with E-state index < -0.39 is 24.7 Å². The number of alkyl halides is 3. The predicted molar refractivity (Wildman–Crippen MR) is 98.7 cm³/mol. The monoisotopic (exact) mass is 414 g/mol. The summed E-state index contributed by atoms with van der Waals surface area (Å²) >= 11 is 0. The zero-order chi connectivity index (χ0) is 21.3. The first-order chi connectivity index (χ1) is 13.8. The summed E-state index contributed by atoms with van der Waals surface area (Å²) in [5.41, 5.74) is -0.762. The third kappa shape index (κ3) is 3.82. The van der Waals surface area contributed by atoms with Gasteiger partial charge in [-0.1, -0.05) is 0 Å². The number of ether oxygens (including phenoxy) is 1. The van der Waals surface area contributed by atoms with Crippen molar-refractivity contribution in [1.82, 2.24) is 19.9 Å². The van der Waals surface area contributed by atoms with Crippen LogP contribution in [0, 0.1) is 5.82 Å². The first-order valence-corrected chi connectivity index (χ1v) is 8.54. The lowest BCUT2D eigenvalue weighted by molar-refractivity contribution is -0.0499. The molecular weight excluding hydrogens is 396 g/mol. The molecule has 0 aliphatic heterocycles. The fourth-order valence-corrected chi connectivity index (χ4v) is 2.82. The van der Waals surface area contributed by atoms with Gasteiger partial charge < -0.3 is 9.64 Å². The lowest BCUT2D eigenvalue weighted by Gasteiger charge is -2.24. The number of nitrogens with zero attached hydrogens (tertiary/aromatic N) is 5. The first kappa shape index (κ1) is 20.4. The Morgan fingerprint density at radius 3 is 2.59 bits per heavy atom. The maximum absolute atomic E-state index is 14.6. The highest BCUT2D eigenvalue weighted by Crippen LogP contribution is 2.27. The molecule has 3 aromatic rings. The van der Waals surface area contributed by atoms with Crippen molar-refractivity contribution in [2.75, 3.05) is 30.5 Å². The van der Waals surface area contributed by atoms with Crippen molar-refractivity contribution in [2.24, 2.45) is 0 Å². The molecule has 12 heteroatoms. The van der Waals surface area contributed by atoms with Crippen LogP contribution in [0.5, 0.6) is 5.75 Å². The summed E-state index contributed by atoms with van der Waals surface area (Å²) in [5, 5.41) is 5.32. The van der Waals surface area contributed by atoms with E-state index in [1.165, 1.54) is 17.1 Å². The molecule has 29 heavy (non-hydrogen) atoms. The van der Waals surface area contributed by atoms with Gasteiger partial charge in [0.15, 0.2) is 11.5 Å². The fourth-order valence-electron chi connectivity index (χ4n) is 2.82. The molecule has 0 aliphatic rings. The molecule has 0 saturated heterocycles. The quantitative estimate of drug-likeness (QED) is 0.599. The van der Waals surface area contributed by atoms with Crippen LogP contribution in [-0.2, 0) is 6.67 Å². The van der Waals surface area contributed by atoms with Gasteiger partial charge in [-0.05, 0) is 19.1 Å². The van der Waals surface area contributed by atoms with Gasteiger partial charge >= 0.3 is 6.61 Å². The zero-order valence-corrected chi connectivity index (χ0v) is 15.8. The van der Waals surface area contributed by atoms with Crippen molar-refractivity contribution in [3.8, 4) is 5.75 Å². The van der Waals surface area contributed by atoms with Crippen molar-refractivity contribution < 1.29 is 22.3 Å². The normalized spacial score (nSPS) is 11.3. The van der Waals surface area contributed by atoms with E-state index in [1.54, 1.807) is 25.9 Å². The van der Waals surface area contributed by atoms with Gasteiger partial charge in [0.05, 0.1) is 5.69 Å². The lowest BCUT2D eigenvalue weighted by atomic mass is 10.2. The third-order valence-electron chi connectivity index (χ3n) is 4.08. The summed E-state index contributed by atoms with van der Waals surface area (Å²) in [6.45, 7) is -2.30. The average Bonchev–Trinajstić information content (AvgIpc) is 3.02. The Kier molecular flexibility index (Phi) is 5.62. The van der Waals surface area contributed by atoms with Crippen LogP contribution in [0.1, 0.15) is 12.6 Å². The molecule has 1 aromatic carbocycles. The van der Waals surface area contributed by atoms with E-state index in [0.717, 1.165) is 10.9 Å². The number of fused-ring (bicyclic) bond motifs is 1. The minimum atomic E-state index is -3.09. The van der Waals surface area contributed by atoms with E-state index >= 15 is 0 Å². The molecule has 0 radical (unpaired) electrons. The molecule has 0 atom stereocenters. The van der Waals surface area contributed by atoms with E-state index in [0.29, 0.717) is 0 Å². The maximum atomic E-state index is 14.6. The number of hydrogen-bond acceptors (Lipinski definition) is 6. The van der Waals surface area contributed by atoms with Crippen LogP contribution in [0.25, 0.3) is 11.0 Å². The standard InChI is InChI=1S/C17H18F4N6O2/c1-4-26(12-6-5-9(7-10(12)19)29-16(20)21)27-14-13(11(8-18)24-27)15(28)23-17(22-14)25(2)3/h5-7,16H,4,8H2,1-3H3,(H,22,23,28). The summed E-state index contributed by atoms with van der Waals surface area (Å²) in [6, 6.07) is 3.19. The molecule has 2 heterocycles. The molecule has 0 unspecified atom stereocenters. The Hall–Kier alpha value is -3.31. The summed E-state index contributed by atoms with van der Waals surface area (Å²) in [4.78, 5) is 21.9. The Morgan fingerprint density at radius 2 is 2.03 bits per heavy atom. The van der Waals surface area contributed by atoms with Crippen molar-refractivity contribution in [2.45, 2.75) is 20.2 Å². The zero-order valence-electron chi connectivity index (χ0n) is 15.8. The maximum Gasteiger partial charge on any atom is 0.387 e. The Balaban J connectivity index is 2.18. The molecule has 0 bridgehead atoms. The number of aromatic amines is 1. The lowest BCUT2D eigenvalue weighted by Crippen LogP contribution is -2.32. The molecule has 1 N–H and O–H groups in total. The number of benzene rings is 1. The number of halogens is 4. The highest BCUT2D eigenvalue weighted by atomic mass is 19.3. The van der Waals surface area contributed by atoms with Crippen molar-refractivity contribution in [1.29, 1.82) is 0 Å². The van der Waals surface area contributed by atoms with Gasteiger partial charge in [-0.3, -0.25) is 14.8 Å². The third-order valence-corrected chi connectivity index (χ3v) is 4.08. The van der Waals surface area contributed by atoms with Crippen LogP contribution in [-0.4, -0.2) is 47.1 Å². The van der Waals surface area contributed by atoms with Crippen LogP contribution in [0.3, 0.4) is 0 Å². The Bertz CT molecular complexity index is 1080. The van der Waals surface area contributed by atoms with Gasteiger partial charge in [-0.25, -0.2) is 8.78 Å². The summed E-state index contributed by atoms with van der Waals surface area (Å²) < 4.78 is 57.0. The van der Waals surface area contributed by atoms with Gasteiger partial charge in [0.1, 0.15) is 23.5 Å². The van der Waals surface area contributed by atoms with Crippen LogP contribution in [0.15, 0.2) is 23.0 Å². The number of aromatic nitrogens is 4. The number of H-pyrrole nitrogens is 1.